The van der Waals surface area contributed by atoms with E-state index < -0.39 is 0 Å². The molecule has 3 nitrogen and oxygen atoms in total. The van der Waals surface area contributed by atoms with Gasteiger partial charge in [0.25, 0.3) is 0 Å². The lowest BCUT2D eigenvalue weighted by Crippen LogP contribution is -2.04. The second kappa shape index (κ2) is 5.15. The van der Waals surface area contributed by atoms with Gasteiger partial charge in [0.1, 0.15) is 0 Å². The Morgan fingerprint density at radius 2 is 2.16 bits per heavy atom. The Morgan fingerprint density at radius 1 is 1.32 bits per heavy atom. The van der Waals surface area contributed by atoms with Gasteiger partial charge in [0, 0.05) is 15.9 Å². The number of aryl methyl sites for hydroxylation is 2. The molecule has 3 aromatic rings. The molecule has 0 saturated heterocycles. The molecule has 0 fully saturated rings. The van der Waals surface area contributed by atoms with Gasteiger partial charge in [-0.2, -0.15) is 0 Å². The molecule has 2 aromatic heterocycles. The van der Waals surface area contributed by atoms with E-state index in [2.05, 4.69) is 27.0 Å². The van der Waals surface area contributed by atoms with Gasteiger partial charge < -0.3 is 10.3 Å². The van der Waals surface area contributed by atoms with Crippen LogP contribution in [0.15, 0.2) is 34.8 Å². The summed E-state index contributed by atoms with van der Waals surface area (Å²) in [6, 6.07) is 9.99. The highest BCUT2D eigenvalue weighted by Crippen LogP contribution is 2.25. The van der Waals surface area contributed by atoms with Gasteiger partial charge in [-0.25, -0.2) is 4.98 Å². The number of hydrogen-bond acceptors (Lipinski definition) is 3. The third kappa shape index (κ3) is 2.63. The van der Waals surface area contributed by atoms with Gasteiger partial charge in [-0.15, -0.1) is 11.3 Å². The number of rotatable bonds is 3. The maximum Gasteiger partial charge on any atom is 0.201 e. The Morgan fingerprint density at radius 3 is 2.89 bits per heavy atom. The number of fused-ring (bicyclic) bond motifs is 1. The number of nitrogens with two attached hydrogens (primary N) is 1. The largest absolute Gasteiger partial charge is 0.369 e. The number of halogens is 2. The molecule has 0 amide bonds. The second-order valence-electron chi connectivity index (χ2n) is 4.21. The summed E-state index contributed by atoms with van der Waals surface area (Å²) in [5.74, 6) is 0.552. The third-order valence-corrected chi connectivity index (χ3v) is 4.73. The molecular formula is C13H11BrClN3S. The Bertz CT molecular complexity index is 735. The van der Waals surface area contributed by atoms with E-state index in [9.17, 15) is 0 Å². The summed E-state index contributed by atoms with van der Waals surface area (Å²) in [5, 5.41) is 0. The van der Waals surface area contributed by atoms with Gasteiger partial charge in [0.05, 0.1) is 15.4 Å². The standard InChI is InChI=1S/C13H11BrClN3S/c14-8-1-3-11-10(7-8)17-13(16)18(11)6-5-9-2-4-12(15)19-9/h1-4,7H,5-6H2,(H2,16,17). The first-order chi connectivity index (χ1) is 9.13. The zero-order chi connectivity index (χ0) is 13.4. The topological polar surface area (TPSA) is 43.8 Å². The van der Waals surface area contributed by atoms with Crippen LogP contribution < -0.4 is 5.73 Å². The lowest BCUT2D eigenvalue weighted by atomic mass is 10.3. The minimum Gasteiger partial charge on any atom is -0.369 e. The molecule has 0 saturated carbocycles. The molecule has 0 spiro atoms. The van der Waals surface area contributed by atoms with Crippen LogP contribution in [0.5, 0.6) is 0 Å². The smallest absolute Gasteiger partial charge is 0.201 e. The molecule has 0 unspecified atom stereocenters. The number of hydrogen-bond donors (Lipinski definition) is 1. The monoisotopic (exact) mass is 355 g/mol. The Hall–Kier alpha value is -1.04. The highest BCUT2D eigenvalue weighted by molar-refractivity contribution is 9.10. The molecule has 0 atom stereocenters. The van der Waals surface area contributed by atoms with E-state index in [4.69, 9.17) is 17.3 Å². The van der Waals surface area contributed by atoms with Crippen molar-refractivity contribution >= 4 is 55.8 Å². The van der Waals surface area contributed by atoms with Gasteiger partial charge in [-0.05, 0) is 36.8 Å². The number of nitrogens with zero attached hydrogens (tertiary/aromatic N) is 2. The minimum atomic E-state index is 0.552. The van der Waals surface area contributed by atoms with E-state index in [0.717, 1.165) is 32.8 Å². The number of anilines is 1. The first-order valence-corrected chi connectivity index (χ1v) is 7.78. The van der Waals surface area contributed by atoms with Crippen LogP contribution in [0.4, 0.5) is 5.95 Å². The van der Waals surface area contributed by atoms with Crippen molar-refractivity contribution in [2.45, 2.75) is 13.0 Å². The Labute approximate surface area is 128 Å². The fourth-order valence-electron chi connectivity index (χ4n) is 2.06. The lowest BCUT2D eigenvalue weighted by molar-refractivity contribution is 0.733. The van der Waals surface area contributed by atoms with Crippen LogP contribution in [-0.4, -0.2) is 9.55 Å². The number of aromatic nitrogens is 2. The fourth-order valence-corrected chi connectivity index (χ4v) is 3.49. The summed E-state index contributed by atoms with van der Waals surface area (Å²) >= 11 is 11.0. The van der Waals surface area contributed by atoms with Gasteiger partial charge in [-0.3, -0.25) is 0 Å². The van der Waals surface area contributed by atoms with Crippen LogP contribution in [0, 0.1) is 0 Å². The van der Waals surface area contributed by atoms with Crippen molar-refractivity contribution in [3.63, 3.8) is 0 Å². The maximum absolute atomic E-state index is 5.99. The number of benzene rings is 1. The highest BCUT2D eigenvalue weighted by Gasteiger charge is 2.09. The second-order valence-corrected chi connectivity index (χ2v) is 6.93. The van der Waals surface area contributed by atoms with Gasteiger partial charge in [-0.1, -0.05) is 27.5 Å². The Kier molecular flexibility index (Phi) is 3.52. The number of imidazole rings is 1. The van der Waals surface area contributed by atoms with Gasteiger partial charge in [0.2, 0.25) is 5.95 Å². The van der Waals surface area contributed by atoms with Crippen molar-refractivity contribution in [3.8, 4) is 0 Å². The van der Waals surface area contributed by atoms with Crippen molar-refractivity contribution in [1.29, 1.82) is 0 Å². The predicted octanol–water partition coefficient (Wildman–Crippen LogP) is 4.34. The lowest BCUT2D eigenvalue weighted by Gasteiger charge is -2.05. The third-order valence-electron chi connectivity index (χ3n) is 2.95. The average molecular weight is 357 g/mol. The number of nitrogen functional groups attached to an aromatic ring is 1. The average Bonchev–Trinajstić information content (AvgIpc) is 2.89. The van der Waals surface area contributed by atoms with Crippen molar-refractivity contribution < 1.29 is 0 Å². The van der Waals surface area contributed by atoms with Crippen LogP contribution in [0.2, 0.25) is 4.34 Å². The van der Waals surface area contributed by atoms with Crippen LogP contribution >= 0.6 is 38.9 Å². The molecule has 0 bridgehead atoms. The predicted molar refractivity (Wildman–Crippen MR) is 84.9 cm³/mol. The molecule has 6 heteroatoms. The SMILES string of the molecule is Nc1nc2cc(Br)ccc2n1CCc1ccc(Cl)s1. The summed E-state index contributed by atoms with van der Waals surface area (Å²) in [5.41, 5.74) is 7.96. The fraction of sp³-hybridized carbons (Fsp3) is 0.154. The normalized spacial score (nSPS) is 11.3. The summed E-state index contributed by atoms with van der Waals surface area (Å²) in [7, 11) is 0. The summed E-state index contributed by atoms with van der Waals surface area (Å²) in [4.78, 5) is 5.63. The van der Waals surface area contributed by atoms with Crippen LogP contribution in [0.25, 0.3) is 11.0 Å². The molecule has 0 radical (unpaired) electrons. The summed E-state index contributed by atoms with van der Waals surface area (Å²) < 4.78 is 3.87. The quantitative estimate of drug-likeness (QED) is 0.758. The first kappa shape index (κ1) is 13.0. The number of thiophene rings is 1. The molecule has 2 heterocycles. The molecule has 98 valence electrons. The molecule has 2 N–H and O–H groups in total. The first-order valence-electron chi connectivity index (χ1n) is 5.79. The molecule has 3 rings (SSSR count). The van der Waals surface area contributed by atoms with Crippen LogP contribution in [0.3, 0.4) is 0 Å². The Balaban J connectivity index is 1.90. The van der Waals surface area contributed by atoms with E-state index >= 15 is 0 Å². The van der Waals surface area contributed by atoms with Crippen LogP contribution in [-0.2, 0) is 13.0 Å². The molecule has 0 aliphatic rings. The van der Waals surface area contributed by atoms with Crippen molar-refractivity contribution in [3.05, 3.63) is 44.0 Å². The van der Waals surface area contributed by atoms with Crippen molar-refractivity contribution in [2.75, 3.05) is 5.73 Å². The van der Waals surface area contributed by atoms with Gasteiger partial charge in [0.15, 0.2) is 0 Å². The highest BCUT2D eigenvalue weighted by atomic mass is 79.9. The van der Waals surface area contributed by atoms with E-state index in [1.165, 1.54) is 4.88 Å². The molecule has 19 heavy (non-hydrogen) atoms. The molecule has 1 aromatic carbocycles. The maximum atomic E-state index is 5.99. The van der Waals surface area contributed by atoms with E-state index in [1.54, 1.807) is 11.3 Å². The summed E-state index contributed by atoms with van der Waals surface area (Å²) in [6.45, 7) is 0.806. The van der Waals surface area contributed by atoms with E-state index in [-0.39, 0.29) is 0 Å². The van der Waals surface area contributed by atoms with Gasteiger partial charge >= 0.3 is 0 Å². The van der Waals surface area contributed by atoms with E-state index in [0.29, 0.717) is 5.95 Å². The van der Waals surface area contributed by atoms with Crippen molar-refractivity contribution in [1.82, 2.24) is 9.55 Å². The minimum absolute atomic E-state index is 0.552. The molecule has 0 aliphatic heterocycles. The van der Waals surface area contributed by atoms with E-state index in [1.807, 2.05) is 28.8 Å². The zero-order valence-electron chi connectivity index (χ0n) is 9.94. The van der Waals surface area contributed by atoms with Crippen LogP contribution in [0.1, 0.15) is 4.88 Å². The molecule has 0 aliphatic carbocycles. The summed E-state index contributed by atoms with van der Waals surface area (Å²) in [6.07, 6.45) is 0.906. The molecular weight excluding hydrogens is 346 g/mol. The zero-order valence-corrected chi connectivity index (χ0v) is 13.1. The van der Waals surface area contributed by atoms with Crippen molar-refractivity contribution in [2.24, 2.45) is 0 Å².